The second-order valence-electron chi connectivity index (χ2n) is 7.22. The Labute approximate surface area is 168 Å². The molecule has 1 aliphatic rings. The number of nitrogens with zero attached hydrogens (tertiary/aromatic N) is 2. The number of amides is 1. The number of fused-ring (bicyclic) bond motifs is 1. The quantitative estimate of drug-likeness (QED) is 0.600. The lowest BCUT2D eigenvalue weighted by Gasteiger charge is -2.17. The summed E-state index contributed by atoms with van der Waals surface area (Å²) in [4.78, 5) is 33.5. The van der Waals surface area contributed by atoms with Crippen molar-refractivity contribution >= 4 is 28.9 Å². The highest BCUT2D eigenvalue weighted by molar-refractivity contribution is 6.07. The lowest BCUT2D eigenvalue weighted by Crippen LogP contribution is -2.30. The molecule has 29 heavy (non-hydrogen) atoms. The minimum absolute atomic E-state index is 0.0747. The van der Waals surface area contributed by atoms with Gasteiger partial charge in [-0.1, -0.05) is 18.2 Å². The van der Waals surface area contributed by atoms with Crippen molar-refractivity contribution in [2.75, 3.05) is 23.8 Å². The first-order chi connectivity index (χ1) is 14.0. The number of H-pyrrole nitrogens is 1. The number of aryl methyl sites for hydroxylation is 1. The molecule has 0 atom stereocenters. The Morgan fingerprint density at radius 2 is 2.03 bits per heavy atom. The van der Waals surface area contributed by atoms with E-state index in [9.17, 15) is 9.59 Å². The zero-order chi connectivity index (χ0) is 20.4. The van der Waals surface area contributed by atoms with E-state index >= 15 is 0 Å². The number of hydrogen-bond acceptors (Lipinski definition) is 5. The van der Waals surface area contributed by atoms with E-state index in [4.69, 9.17) is 5.73 Å². The number of carbonyl (C=O) groups excluding carboxylic acids is 2. The number of ketones is 1. The van der Waals surface area contributed by atoms with Crippen molar-refractivity contribution in [1.29, 1.82) is 0 Å². The molecule has 7 heteroatoms. The Hall–Kier alpha value is -3.61. The standard InChI is InChI=1S/C22H23N5O2/c1-27(13-18(23)29)19-12-14(10-11-24-19)21-22(25-15-6-3-2-4-7-15)20-16(26-21)8-5-9-17(20)28/h2-4,6-7,10-12,25-26H,5,8-9,13H2,1H3,(H2,23,29). The molecule has 2 aromatic heterocycles. The molecule has 0 radical (unpaired) electrons. The van der Waals surface area contributed by atoms with E-state index in [0.29, 0.717) is 12.2 Å². The maximum Gasteiger partial charge on any atom is 0.236 e. The summed E-state index contributed by atoms with van der Waals surface area (Å²) in [5.41, 5.74) is 10.4. The number of nitrogens with two attached hydrogens (primary N) is 1. The van der Waals surface area contributed by atoms with E-state index in [1.54, 1.807) is 18.1 Å². The SMILES string of the molecule is CN(CC(N)=O)c1cc(-c2[nH]c3c(c2Nc2ccccc2)C(=O)CCC3)ccn1. The van der Waals surface area contributed by atoms with Gasteiger partial charge >= 0.3 is 0 Å². The first-order valence-corrected chi connectivity index (χ1v) is 9.59. The Kier molecular flexibility index (Phi) is 5.03. The van der Waals surface area contributed by atoms with Gasteiger partial charge in [-0.2, -0.15) is 0 Å². The van der Waals surface area contributed by atoms with Crippen LogP contribution in [0.5, 0.6) is 0 Å². The topological polar surface area (TPSA) is 104 Å². The van der Waals surface area contributed by atoms with Crippen molar-refractivity contribution in [3.8, 4) is 11.3 Å². The molecule has 0 unspecified atom stereocenters. The van der Waals surface area contributed by atoms with E-state index in [1.807, 2.05) is 42.5 Å². The molecule has 1 amide bonds. The number of likely N-dealkylation sites (N-methyl/N-ethyl adjacent to an activating group) is 1. The summed E-state index contributed by atoms with van der Waals surface area (Å²) in [6, 6.07) is 13.6. The number of rotatable bonds is 6. The van der Waals surface area contributed by atoms with Gasteiger partial charge in [0.2, 0.25) is 5.91 Å². The summed E-state index contributed by atoms with van der Waals surface area (Å²) < 4.78 is 0. The number of hydrogen-bond donors (Lipinski definition) is 3. The molecule has 4 N–H and O–H groups in total. The molecule has 0 spiro atoms. The molecule has 0 saturated carbocycles. The number of pyridine rings is 1. The lowest BCUT2D eigenvalue weighted by atomic mass is 9.95. The van der Waals surface area contributed by atoms with Gasteiger partial charge in [-0.15, -0.1) is 0 Å². The first kappa shape index (κ1) is 18.7. The molecule has 2 heterocycles. The number of aromatic amines is 1. The Bertz CT molecular complexity index is 1060. The molecular formula is C22H23N5O2. The summed E-state index contributed by atoms with van der Waals surface area (Å²) in [7, 11) is 1.77. The molecular weight excluding hydrogens is 366 g/mol. The number of para-hydroxylation sites is 1. The van der Waals surface area contributed by atoms with Crippen molar-refractivity contribution in [1.82, 2.24) is 9.97 Å². The summed E-state index contributed by atoms with van der Waals surface area (Å²) in [6.45, 7) is 0.0747. The molecule has 7 nitrogen and oxygen atoms in total. The van der Waals surface area contributed by atoms with Crippen molar-refractivity contribution in [3.63, 3.8) is 0 Å². The predicted octanol–water partition coefficient (Wildman–Crippen LogP) is 3.26. The summed E-state index contributed by atoms with van der Waals surface area (Å²) in [5.74, 6) is 0.352. The van der Waals surface area contributed by atoms with E-state index in [0.717, 1.165) is 46.7 Å². The second kappa shape index (κ2) is 7.79. The van der Waals surface area contributed by atoms with Crippen molar-refractivity contribution < 1.29 is 9.59 Å². The molecule has 4 rings (SSSR count). The second-order valence-corrected chi connectivity index (χ2v) is 7.22. The van der Waals surface area contributed by atoms with Crippen molar-refractivity contribution in [2.24, 2.45) is 5.73 Å². The van der Waals surface area contributed by atoms with Crippen molar-refractivity contribution in [3.05, 3.63) is 59.9 Å². The Balaban J connectivity index is 1.79. The number of nitrogens with one attached hydrogen (secondary N) is 2. The first-order valence-electron chi connectivity index (χ1n) is 9.59. The van der Waals surface area contributed by atoms with Gasteiger partial charge < -0.3 is 20.9 Å². The van der Waals surface area contributed by atoms with E-state index < -0.39 is 5.91 Å². The third-order valence-corrected chi connectivity index (χ3v) is 5.05. The fourth-order valence-electron chi connectivity index (χ4n) is 3.70. The molecule has 0 fully saturated rings. The van der Waals surface area contributed by atoms with Gasteiger partial charge in [-0.3, -0.25) is 9.59 Å². The average Bonchev–Trinajstić information content (AvgIpc) is 3.08. The van der Waals surface area contributed by atoms with Crippen LogP contribution in [0.15, 0.2) is 48.7 Å². The van der Waals surface area contributed by atoms with Crippen LogP contribution >= 0.6 is 0 Å². The highest BCUT2D eigenvalue weighted by Crippen LogP contribution is 2.39. The number of aromatic nitrogens is 2. The van der Waals surface area contributed by atoms with Gasteiger partial charge in [0.1, 0.15) is 5.82 Å². The summed E-state index contributed by atoms with van der Waals surface area (Å²) in [5, 5.41) is 3.43. The fourth-order valence-corrected chi connectivity index (χ4v) is 3.70. The van der Waals surface area contributed by atoms with Crippen LogP contribution in [0.25, 0.3) is 11.3 Å². The van der Waals surface area contributed by atoms with Gasteiger partial charge in [0.15, 0.2) is 5.78 Å². The normalized spacial score (nSPS) is 13.1. The van der Waals surface area contributed by atoms with Crippen LogP contribution in [0.3, 0.4) is 0 Å². The van der Waals surface area contributed by atoms with Gasteiger partial charge in [0.05, 0.1) is 23.5 Å². The molecule has 148 valence electrons. The van der Waals surface area contributed by atoms with Crippen LogP contribution in [-0.4, -0.2) is 35.3 Å². The Morgan fingerprint density at radius 3 is 2.79 bits per heavy atom. The van der Waals surface area contributed by atoms with Crippen LogP contribution in [0.2, 0.25) is 0 Å². The van der Waals surface area contributed by atoms with Gasteiger partial charge in [0.25, 0.3) is 0 Å². The molecule has 0 saturated heterocycles. The molecule has 1 aliphatic carbocycles. The molecule has 0 bridgehead atoms. The number of Topliss-reactive ketones (excluding diaryl/α,β-unsaturated/α-hetero) is 1. The number of anilines is 3. The maximum absolute atomic E-state index is 12.7. The lowest BCUT2D eigenvalue weighted by molar-refractivity contribution is -0.116. The zero-order valence-electron chi connectivity index (χ0n) is 16.2. The Morgan fingerprint density at radius 1 is 1.24 bits per heavy atom. The number of benzene rings is 1. The predicted molar refractivity (Wildman–Crippen MR) is 113 cm³/mol. The van der Waals surface area contributed by atoms with Crippen LogP contribution in [0.4, 0.5) is 17.2 Å². The highest BCUT2D eigenvalue weighted by Gasteiger charge is 2.27. The van der Waals surface area contributed by atoms with E-state index in [1.165, 1.54) is 0 Å². The third kappa shape index (κ3) is 3.85. The van der Waals surface area contributed by atoms with Crippen LogP contribution in [-0.2, 0) is 11.2 Å². The van der Waals surface area contributed by atoms with Crippen molar-refractivity contribution in [2.45, 2.75) is 19.3 Å². The number of carbonyl (C=O) groups is 2. The fraction of sp³-hybridized carbons (Fsp3) is 0.227. The molecule has 3 aromatic rings. The maximum atomic E-state index is 12.7. The van der Waals surface area contributed by atoms with Gasteiger partial charge in [-0.25, -0.2) is 4.98 Å². The average molecular weight is 389 g/mol. The highest BCUT2D eigenvalue weighted by atomic mass is 16.1. The van der Waals surface area contributed by atoms with Gasteiger partial charge in [0, 0.05) is 36.6 Å². The molecule has 0 aliphatic heterocycles. The van der Waals surface area contributed by atoms with Crippen LogP contribution in [0.1, 0.15) is 28.9 Å². The molecule has 1 aromatic carbocycles. The minimum atomic E-state index is -0.424. The smallest absolute Gasteiger partial charge is 0.236 e. The van der Waals surface area contributed by atoms with E-state index in [-0.39, 0.29) is 12.3 Å². The third-order valence-electron chi connectivity index (χ3n) is 5.05. The van der Waals surface area contributed by atoms with Gasteiger partial charge in [-0.05, 0) is 37.1 Å². The summed E-state index contributed by atoms with van der Waals surface area (Å²) >= 11 is 0. The monoisotopic (exact) mass is 389 g/mol. The zero-order valence-corrected chi connectivity index (χ0v) is 16.2. The van der Waals surface area contributed by atoms with Crippen LogP contribution in [0, 0.1) is 0 Å². The van der Waals surface area contributed by atoms with E-state index in [2.05, 4.69) is 15.3 Å². The van der Waals surface area contributed by atoms with Crippen LogP contribution < -0.4 is 16.0 Å². The summed E-state index contributed by atoms with van der Waals surface area (Å²) in [6.07, 6.45) is 3.93. The minimum Gasteiger partial charge on any atom is -0.368 e. The largest absolute Gasteiger partial charge is 0.368 e. The number of primary amides is 1.